The lowest BCUT2D eigenvalue weighted by Gasteiger charge is -2.32. The maximum Gasteiger partial charge on any atom is 0.326 e. The number of rotatable bonds is 19. The molecule has 3 N–H and O–H groups in total. The summed E-state index contributed by atoms with van der Waals surface area (Å²) in [7, 11) is 25.7. The molecule has 0 atom stereocenters. The Bertz CT molecular complexity index is 3190. The van der Waals surface area contributed by atoms with E-state index in [1.165, 1.54) is 0 Å². The summed E-state index contributed by atoms with van der Waals surface area (Å²) in [6.45, 7) is 4.35. The Kier molecular flexibility index (Phi) is 23.6. The molecule has 0 spiro atoms. The summed E-state index contributed by atoms with van der Waals surface area (Å²) >= 11 is 5.04. The molecule has 0 aliphatic carbocycles. The average Bonchev–Trinajstić information content (AvgIpc) is 2.85. The van der Waals surface area contributed by atoms with Crippen molar-refractivity contribution in [2.75, 3.05) is 149 Å². The molecule has 3 heterocycles. The molecule has 0 radical (unpaired) electrons. The van der Waals surface area contributed by atoms with Crippen LogP contribution < -0.4 is 60.0 Å². The zero-order valence-electron chi connectivity index (χ0n) is 53.7. The van der Waals surface area contributed by atoms with Gasteiger partial charge in [-0.3, -0.25) is 33.9 Å². The molecule has 6 aromatic carbocycles. The van der Waals surface area contributed by atoms with Crippen LogP contribution in [0.4, 0.5) is 77.8 Å². The summed E-state index contributed by atoms with van der Waals surface area (Å²) in [4.78, 5) is 98.0. The minimum Gasteiger partial charge on any atom is -0.378 e. The average molecular weight is 1250 g/mol. The van der Waals surface area contributed by atoms with Gasteiger partial charge in [-0.15, -0.1) is 0 Å². The second-order valence-electron chi connectivity index (χ2n) is 22.6. The van der Waals surface area contributed by atoms with Gasteiger partial charge in [-0.05, 0) is 122 Å². The highest BCUT2D eigenvalue weighted by molar-refractivity contribution is 8.00. The molecule has 18 nitrogen and oxygen atoms in total. The van der Waals surface area contributed by atoms with E-state index < -0.39 is 0 Å². The summed E-state index contributed by atoms with van der Waals surface area (Å²) in [5, 5.41) is 8.45. The van der Waals surface area contributed by atoms with E-state index in [2.05, 4.69) is 62.1 Å². The van der Waals surface area contributed by atoms with Gasteiger partial charge in [0.1, 0.15) is 11.6 Å². The standard InChI is InChI=1S/C23H30N4O2S.2C22H28N4O2S/c1-24-22(28)8-6-7-9-23(29)27-18-12-10-16(25(2)3)14-20(18)30-21-15-17(26(4)5)11-13-19(21)27;2*1-6-17(27)11-12-23-22(28)26-18-9-7-15(24(2)3)13-20(18)29-21-14-16(25(4)5)8-10-19(21)26/h10-15H,6-9H2,1-5H3,(H,24,28);2*7-10,13-14H,6,11-12H2,1-5H3,(H,23,28). The molecule has 3 aliphatic heterocycles. The maximum absolute atomic E-state index is 13.3. The van der Waals surface area contributed by atoms with E-state index in [1.807, 2.05) is 196 Å². The van der Waals surface area contributed by atoms with Gasteiger partial charge in [0.2, 0.25) is 11.8 Å². The molecular weight excluding hydrogens is 1170 g/mol. The number of nitrogens with zero attached hydrogens (tertiary/aromatic N) is 9. The number of hydrogen-bond acceptors (Lipinski definition) is 15. The van der Waals surface area contributed by atoms with Crippen molar-refractivity contribution in [1.82, 2.24) is 16.0 Å². The second kappa shape index (κ2) is 30.8. The first kappa shape index (κ1) is 67.5. The van der Waals surface area contributed by atoms with Crippen molar-refractivity contribution in [3.8, 4) is 0 Å². The van der Waals surface area contributed by atoms with E-state index in [0.717, 1.165) is 97.6 Å². The van der Waals surface area contributed by atoms with E-state index >= 15 is 0 Å². The molecule has 6 amide bonds. The minimum absolute atomic E-state index is 0.0138. The van der Waals surface area contributed by atoms with E-state index in [4.69, 9.17) is 0 Å². The van der Waals surface area contributed by atoms with E-state index in [-0.39, 0.29) is 35.4 Å². The minimum atomic E-state index is -0.216. The number of ketones is 2. The third-order valence-corrected chi connectivity index (χ3v) is 18.3. The van der Waals surface area contributed by atoms with Crippen molar-refractivity contribution in [2.24, 2.45) is 0 Å². The third-order valence-electron chi connectivity index (χ3n) is 15.0. The fourth-order valence-electron chi connectivity index (χ4n) is 9.66. The van der Waals surface area contributed by atoms with Gasteiger partial charge < -0.3 is 45.3 Å². The zero-order valence-corrected chi connectivity index (χ0v) is 56.1. The SMILES string of the molecule is CCC(=O)CCNC(=O)N1c2ccc(N(C)C)cc2Sc2cc(N(C)C)ccc21.CCC(=O)CCNC(=O)N1c2ccc(N(C)C)cc2Sc2cc(N(C)C)ccc21.CNC(=O)CCCCC(=O)N1c2ccc(N(C)C)cc2Sc2cc(N(C)C)ccc21. The van der Waals surface area contributed by atoms with E-state index in [0.29, 0.717) is 64.5 Å². The monoisotopic (exact) mass is 1250 g/mol. The van der Waals surface area contributed by atoms with Crippen LogP contribution in [0.3, 0.4) is 0 Å². The Morgan fingerprint density at radius 1 is 0.364 bits per heavy atom. The normalized spacial score (nSPS) is 12.1. The highest BCUT2D eigenvalue weighted by atomic mass is 32.2. The van der Waals surface area contributed by atoms with Gasteiger partial charge in [-0.1, -0.05) is 49.1 Å². The molecular formula is C67H86N12O6S3. The quantitative estimate of drug-likeness (QED) is 0.0655. The first-order chi connectivity index (χ1) is 41.9. The van der Waals surface area contributed by atoms with E-state index in [9.17, 15) is 28.8 Å². The van der Waals surface area contributed by atoms with Crippen LogP contribution in [0.25, 0.3) is 0 Å². The van der Waals surface area contributed by atoms with Crippen LogP contribution in [-0.4, -0.2) is 140 Å². The molecule has 88 heavy (non-hydrogen) atoms. The molecule has 21 heteroatoms. The van der Waals surface area contributed by atoms with Crippen LogP contribution in [0.5, 0.6) is 0 Å². The number of unbranched alkanes of at least 4 members (excludes halogenated alkanes) is 1. The molecule has 0 unspecified atom stereocenters. The predicted octanol–water partition coefficient (Wildman–Crippen LogP) is 13.3. The number of anilines is 12. The summed E-state index contributed by atoms with van der Waals surface area (Å²) in [5.74, 6) is 0.364. The van der Waals surface area contributed by atoms with Crippen molar-refractivity contribution in [3.63, 3.8) is 0 Å². The maximum atomic E-state index is 13.3. The van der Waals surface area contributed by atoms with Gasteiger partial charge >= 0.3 is 12.1 Å². The summed E-state index contributed by atoms with van der Waals surface area (Å²) in [5.41, 5.74) is 11.8. The molecule has 0 saturated carbocycles. The van der Waals surface area contributed by atoms with Gasteiger partial charge in [-0.2, -0.15) is 0 Å². The Labute approximate surface area is 533 Å². The van der Waals surface area contributed by atoms with Crippen molar-refractivity contribution < 1.29 is 28.8 Å². The number of fused-ring (bicyclic) bond motifs is 6. The van der Waals surface area contributed by atoms with Crippen LogP contribution in [-0.2, 0) is 19.2 Å². The molecule has 6 aromatic rings. The van der Waals surface area contributed by atoms with Gasteiger partial charge in [0.05, 0.1) is 34.1 Å². The second-order valence-corrected chi connectivity index (χ2v) is 25.9. The van der Waals surface area contributed by atoms with Gasteiger partial charge in [0.25, 0.3) is 0 Å². The Hall–Kier alpha value is -8.01. The number of nitrogens with one attached hydrogen (secondary N) is 3. The first-order valence-corrected chi connectivity index (χ1v) is 32.0. The molecule has 0 saturated heterocycles. The van der Waals surface area contributed by atoms with E-state index in [1.54, 1.807) is 52.1 Å². The van der Waals surface area contributed by atoms with Crippen LogP contribution in [0, 0.1) is 0 Å². The Morgan fingerprint density at radius 2 is 0.614 bits per heavy atom. The van der Waals surface area contributed by atoms with Crippen molar-refractivity contribution >= 4 is 139 Å². The lowest BCUT2D eigenvalue weighted by atomic mass is 10.1. The van der Waals surface area contributed by atoms with Crippen molar-refractivity contribution in [3.05, 3.63) is 109 Å². The van der Waals surface area contributed by atoms with Gasteiger partial charge in [-0.25, -0.2) is 9.59 Å². The van der Waals surface area contributed by atoms with Gasteiger partial charge in [0.15, 0.2) is 0 Å². The summed E-state index contributed by atoms with van der Waals surface area (Å²) < 4.78 is 0. The highest BCUT2D eigenvalue weighted by Gasteiger charge is 2.32. The zero-order chi connectivity index (χ0) is 64.1. The van der Waals surface area contributed by atoms with Crippen LogP contribution >= 0.6 is 35.3 Å². The molecule has 9 rings (SSSR count). The first-order valence-electron chi connectivity index (χ1n) is 29.6. The molecule has 0 bridgehead atoms. The van der Waals surface area contributed by atoms with Crippen LogP contribution in [0.2, 0.25) is 0 Å². The predicted molar refractivity (Wildman–Crippen MR) is 368 cm³/mol. The Morgan fingerprint density at radius 3 is 0.852 bits per heavy atom. The number of hydrogen-bond donors (Lipinski definition) is 3. The Balaban J connectivity index is 0.000000188. The molecule has 3 aliphatic rings. The number of benzene rings is 6. The summed E-state index contributed by atoms with van der Waals surface area (Å²) in [6, 6.07) is 36.4. The summed E-state index contributed by atoms with van der Waals surface area (Å²) in [6.07, 6.45) is 3.92. The largest absolute Gasteiger partial charge is 0.378 e. The fraction of sp³-hybridized carbons (Fsp3) is 0.373. The third kappa shape index (κ3) is 16.6. The molecule has 0 fully saturated rings. The highest BCUT2D eigenvalue weighted by Crippen LogP contribution is 2.53. The lowest BCUT2D eigenvalue weighted by molar-refractivity contribution is -0.121. The van der Waals surface area contributed by atoms with Crippen LogP contribution in [0.1, 0.15) is 65.2 Å². The lowest BCUT2D eigenvalue weighted by Crippen LogP contribution is -2.39. The van der Waals surface area contributed by atoms with Crippen molar-refractivity contribution in [1.29, 1.82) is 0 Å². The number of carbonyl (C=O) groups is 6. The number of Topliss-reactive ketones (excluding diaryl/α,β-unsaturated/α-hetero) is 2. The van der Waals surface area contributed by atoms with Crippen LogP contribution in [0.15, 0.2) is 139 Å². The fourth-order valence-corrected chi connectivity index (χ4v) is 13.0. The van der Waals surface area contributed by atoms with Gasteiger partial charge in [0, 0.05) is 207 Å². The van der Waals surface area contributed by atoms with Crippen molar-refractivity contribution in [2.45, 2.75) is 94.6 Å². The molecule has 0 aromatic heterocycles. The number of urea groups is 2. The number of amides is 6. The topological polar surface area (TPSA) is 168 Å². The number of carbonyl (C=O) groups excluding carboxylic acids is 6. The smallest absolute Gasteiger partial charge is 0.326 e. The molecule has 468 valence electrons.